The normalized spacial score (nSPS) is 44.6. The Morgan fingerprint density at radius 2 is 1.74 bits per heavy atom. The highest BCUT2D eigenvalue weighted by molar-refractivity contribution is 5.10. The van der Waals surface area contributed by atoms with E-state index in [-0.39, 0.29) is 23.4 Å². The van der Waals surface area contributed by atoms with Crippen LogP contribution in [0.15, 0.2) is 0 Å². The van der Waals surface area contributed by atoms with E-state index in [1.54, 1.807) is 0 Å². The van der Waals surface area contributed by atoms with Crippen molar-refractivity contribution in [3.05, 3.63) is 0 Å². The van der Waals surface area contributed by atoms with Gasteiger partial charge < -0.3 is 15.3 Å². The van der Waals surface area contributed by atoms with Crippen LogP contribution in [-0.4, -0.2) is 33.6 Å². The van der Waals surface area contributed by atoms with Gasteiger partial charge in [-0.05, 0) is 67.6 Å². The van der Waals surface area contributed by atoms with Crippen molar-refractivity contribution in [1.29, 1.82) is 0 Å². The highest BCUT2D eigenvalue weighted by Gasteiger charge is 2.60. The van der Waals surface area contributed by atoms with Gasteiger partial charge in [-0.25, -0.2) is 0 Å². The van der Waals surface area contributed by atoms with Crippen LogP contribution in [0.4, 0.5) is 0 Å². The van der Waals surface area contributed by atoms with E-state index in [1.165, 1.54) is 12.8 Å². The lowest BCUT2D eigenvalue weighted by Gasteiger charge is -2.62. The maximum absolute atomic E-state index is 11.1. The summed E-state index contributed by atoms with van der Waals surface area (Å²) in [5.74, 6) is 1.06. The fourth-order valence-corrected chi connectivity index (χ4v) is 5.97. The van der Waals surface area contributed by atoms with Gasteiger partial charge >= 0.3 is 0 Å². The van der Waals surface area contributed by atoms with Gasteiger partial charge in [-0.3, -0.25) is 0 Å². The molecular weight excluding hydrogens is 288 g/mol. The molecule has 2 fully saturated rings. The van der Waals surface area contributed by atoms with Crippen LogP contribution >= 0.6 is 0 Å². The van der Waals surface area contributed by atoms with E-state index in [1.807, 2.05) is 6.92 Å². The van der Waals surface area contributed by atoms with Crippen molar-refractivity contribution < 1.29 is 15.3 Å². The zero-order chi connectivity index (χ0) is 17.5. The van der Waals surface area contributed by atoms with Crippen LogP contribution in [0.1, 0.15) is 79.6 Å². The Labute approximate surface area is 142 Å². The zero-order valence-corrected chi connectivity index (χ0v) is 15.8. The molecular formula is C20H38O3. The van der Waals surface area contributed by atoms with Gasteiger partial charge in [0.15, 0.2) is 0 Å². The van der Waals surface area contributed by atoms with Gasteiger partial charge in [0.2, 0.25) is 0 Å². The van der Waals surface area contributed by atoms with Crippen molar-refractivity contribution in [2.24, 2.45) is 28.6 Å². The summed E-state index contributed by atoms with van der Waals surface area (Å²) in [6.45, 7) is 11.3. The number of aliphatic hydroxyl groups is 3. The third kappa shape index (κ3) is 3.48. The van der Waals surface area contributed by atoms with E-state index in [4.69, 9.17) is 5.11 Å². The quantitative estimate of drug-likeness (QED) is 0.721. The SMILES string of the molecule is CC(CCO)CCC1C(C)(O)C(O)CC2C(C)(C)CCCC21C. The largest absolute Gasteiger partial charge is 0.396 e. The van der Waals surface area contributed by atoms with Crippen molar-refractivity contribution in [3.8, 4) is 0 Å². The van der Waals surface area contributed by atoms with E-state index < -0.39 is 11.7 Å². The fourth-order valence-electron chi connectivity index (χ4n) is 5.97. The number of rotatable bonds is 5. The molecule has 0 aromatic carbocycles. The van der Waals surface area contributed by atoms with Crippen molar-refractivity contribution in [2.45, 2.75) is 91.3 Å². The third-order valence-corrected chi connectivity index (χ3v) is 7.48. The molecule has 3 N–H and O–H groups in total. The van der Waals surface area contributed by atoms with Gasteiger partial charge in [0, 0.05) is 6.61 Å². The molecule has 0 heterocycles. The van der Waals surface area contributed by atoms with Crippen LogP contribution in [0, 0.1) is 28.6 Å². The Morgan fingerprint density at radius 1 is 1.09 bits per heavy atom. The second-order valence-corrected chi connectivity index (χ2v) is 9.63. The van der Waals surface area contributed by atoms with Crippen molar-refractivity contribution >= 4 is 0 Å². The standard InChI is InChI=1S/C20H38O3/c1-14(9-12-21)7-8-15-19(4)11-6-10-18(2,3)16(19)13-17(22)20(15,5)23/h14-17,21-23H,6-13H2,1-5H3. The second-order valence-electron chi connectivity index (χ2n) is 9.63. The van der Waals surface area contributed by atoms with Crippen molar-refractivity contribution in [3.63, 3.8) is 0 Å². The Bertz CT molecular complexity index is 404. The average Bonchev–Trinajstić information content (AvgIpc) is 2.41. The molecule has 0 amide bonds. The third-order valence-electron chi connectivity index (χ3n) is 7.48. The minimum Gasteiger partial charge on any atom is -0.396 e. The summed E-state index contributed by atoms with van der Waals surface area (Å²) >= 11 is 0. The molecule has 2 rings (SSSR count). The van der Waals surface area contributed by atoms with Gasteiger partial charge in [-0.2, -0.15) is 0 Å². The first-order valence-electron chi connectivity index (χ1n) is 9.57. The molecule has 2 aliphatic rings. The molecule has 3 heteroatoms. The molecule has 0 aliphatic heterocycles. The number of fused-ring (bicyclic) bond motifs is 1. The van der Waals surface area contributed by atoms with Gasteiger partial charge in [0.05, 0.1) is 11.7 Å². The molecule has 0 bridgehead atoms. The van der Waals surface area contributed by atoms with Crippen LogP contribution in [0.2, 0.25) is 0 Å². The first-order valence-corrected chi connectivity index (χ1v) is 9.57. The van der Waals surface area contributed by atoms with Gasteiger partial charge in [0.1, 0.15) is 0 Å². The lowest BCUT2D eigenvalue weighted by atomic mass is 9.44. The minimum atomic E-state index is -1.00. The summed E-state index contributed by atoms with van der Waals surface area (Å²) in [6.07, 6.45) is 6.46. The van der Waals surface area contributed by atoms with E-state index >= 15 is 0 Å². The van der Waals surface area contributed by atoms with E-state index in [0.29, 0.717) is 11.8 Å². The molecule has 3 nitrogen and oxygen atoms in total. The lowest BCUT2D eigenvalue weighted by Crippen LogP contribution is -2.63. The van der Waals surface area contributed by atoms with Crippen LogP contribution in [0.3, 0.4) is 0 Å². The number of aliphatic hydroxyl groups excluding tert-OH is 2. The Morgan fingerprint density at radius 3 is 2.35 bits per heavy atom. The summed E-state index contributed by atoms with van der Waals surface area (Å²) in [6, 6.07) is 0. The Hall–Kier alpha value is -0.120. The number of hydrogen-bond acceptors (Lipinski definition) is 3. The predicted octanol–water partition coefficient (Wildman–Crippen LogP) is 3.75. The molecule has 0 radical (unpaired) electrons. The van der Waals surface area contributed by atoms with Crippen LogP contribution in [0.25, 0.3) is 0 Å². The van der Waals surface area contributed by atoms with E-state index in [9.17, 15) is 10.2 Å². The van der Waals surface area contributed by atoms with Gasteiger partial charge in [-0.15, -0.1) is 0 Å². The number of hydrogen-bond donors (Lipinski definition) is 3. The molecule has 0 spiro atoms. The summed E-state index contributed by atoms with van der Waals surface area (Å²) in [5.41, 5.74) is -0.666. The van der Waals surface area contributed by atoms with Crippen molar-refractivity contribution in [2.75, 3.05) is 6.61 Å². The topological polar surface area (TPSA) is 60.7 Å². The molecule has 6 atom stereocenters. The van der Waals surface area contributed by atoms with E-state index in [0.717, 1.165) is 32.1 Å². The molecule has 6 unspecified atom stereocenters. The molecule has 23 heavy (non-hydrogen) atoms. The lowest BCUT2D eigenvalue weighted by molar-refractivity contribution is -0.221. The summed E-state index contributed by atoms with van der Waals surface area (Å²) in [4.78, 5) is 0. The highest BCUT2D eigenvalue weighted by Crippen LogP contribution is 2.63. The molecule has 2 aliphatic carbocycles. The van der Waals surface area contributed by atoms with Crippen LogP contribution < -0.4 is 0 Å². The molecule has 2 saturated carbocycles. The molecule has 0 aromatic heterocycles. The maximum atomic E-state index is 11.1. The Balaban J connectivity index is 2.26. The summed E-state index contributed by atoms with van der Waals surface area (Å²) in [7, 11) is 0. The highest BCUT2D eigenvalue weighted by atomic mass is 16.3. The zero-order valence-electron chi connectivity index (χ0n) is 15.8. The first kappa shape index (κ1) is 19.2. The van der Waals surface area contributed by atoms with Crippen molar-refractivity contribution in [1.82, 2.24) is 0 Å². The van der Waals surface area contributed by atoms with Crippen LogP contribution in [0.5, 0.6) is 0 Å². The predicted molar refractivity (Wildman–Crippen MR) is 94.1 cm³/mol. The van der Waals surface area contributed by atoms with E-state index in [2.05, 4.69) is 27.7 Å². The van der Waals surface area contributed by atoms with Gasteiger partial charge in [0.25, 0.3) is 0 Å². The summed E-state index contributed by atoms with van der Waals surface area (Å²) < 4.78 is 0. The monoisotopic (exact) mass is 326 g/mol. The maximum Gasteiger partial charge on any atom is 0.0910 e. The first-order chi connectivity index (χ1) is 10.6. The second kappa shape index (κ2) is 6.65. The molecule has 0 aromatic rings. The molecule has 136 valence electrons. The van der Waals surface area contributed by atoms with Gasteiger partial charge in [-0.1, -0.05) is 40.5 Å². The smallest absolute Gasteiger partial charge is 0.0910 e. The van der Waals surface area contributed by atoms with Crippen LogP contribution in [-0.2, 0) is 0 Å². The summed E-state index contributed by atoms with van der Waals surface area (Å²) in [5, 5.41) is 30.9. The minimum absolute atomic E-state index is 0.101. The fraction of sp³-hybridized carbons (Fsp3) is 1.00. The Kier molecular flexibility index (Phi) is 5.55. The average molecular weight is 327 g/mol. The molecule has 0 saturated heterocycles.